The first-order chi connectivity index (χ1) is 12.7. The van der Waals surface area contributed by atoms with Gasteiger partial charge in [-0.2, -0.15) is 10.2 Å². The van der Waals surface area contributed by atoms with Gasteiger partial charge in [-0.3, -0.25) is 14.6 Å². The number of piperidine rings is 1. The van der Waals surface area contributed by atoms with Gasteiger partial charge in [-0.1, -0.05) is 0 Å². The van der Waals surface area contributed by atoms with Gasteiger partial charge in [-0.25, -0.2) is 4.98 Å². The molecule has 8 nitrogen and oxygen atoms in total. The van der Waals surface area contributed by atoms with Gasteiger partial charge in [0.05, 0.1) is 0 Å². The van der Waals surface area contributed by atoms with Crippen molar-refractivity contribution in [1.29, 1.82) is 0 Å². The van der Waals surface area contributed by atoms with Crippen molar-refractivity contribution in [3.05, 3.63) is 48.5 Å². The molecule has 2 aromatic heterocycles. The Morgan fingerprint density at radius 3 is 2.62 bits per heavy atom. The molecule has 1 aliphatic heterocycles. The van der Waals surface area contributed by atoms with Crippen molar-refractivity contribution in [1.82, 2.24) is 30.3 Å². The SMILES string of the molecule is Cc1nc(-c2ccc(NC(=O)C3(n4cccn4)CCNCC3)cc2)n[nH]1. The minimum atomic E-state index is -0.658. The lowest BCUT2D eigenvalue weighted by molar-refractivity contribution is -0.126. The second-order valence-electron chi connectivity index (χ2n) is 6.51. The molecule has 0 spiro atoms. The molecule has 1 aromatic carbocycles. The predicted molar refractivity (Wildman–Crippen MR) is 97.5 cm³/mol. The molecule has 3 N–H and O–H groups in total. The summed E-state index contributed by atoms with van der Waals surface area (Å²) in [7, 11) is 0. The Balaban J connectivity index is 1.55. The Hall–Kier alpha value is -3.00. The number of aromatic amines is 1. The molecule has 3 aromatic rings. The summed E-state index contributed by atoms with van der Waals surface area (Å²) in [5.74, 6) is 1.38. The number of aryl methyl sites for hydroxylation is 1. The van der Waals surface area contributed by atoms with Crippen LogP contribution in [0.1, 0.15) is 18.7 Å². The molecule has 4 rings (SSSR count). The van der Waals surface area contributed by atoms with E-state index in [1.165, 1.54) is 0 Å². The number of aromatic nitrogens is 5. The maximum Gasteiger partial charge on any atom is 0.252 e. The summed E-state index contributed by atoms with van der Waals surface area (Å²) in [6.07, 6.45) is 4.98. The zero-order valence-corrected chi connectivity index (χ0v) is 14.6. The van der Waals surface area contributed by atoms with Crippen LogP contribution in [-0.4, -0.2) is 44.0 Å². The van der Waals surface area contributed by atoms with E-state index in [1.54, 1.807) is 10.9 Å². The van der Waals surface area contributed by atoms with Crippen LogP contribution in [0.3, 0.4) is 0 Å². The van der Waals surface area contributed by atoms with E-state index in [9.17, 15) is 4.79 Å². The molecule has 0 atom stereocenters. The van der Waals surface area contributed by atoms with Crippen LogP contribution in [-0.2, 0) is 10.3 Å². The summed E-state index contributed by atoms with van der Waals surface area (Å²) in [6.45, 7) is 3.44. The number of carbonyl (C=O) groups is 1. The molecule has 0 unspecified atom stereocenters. The molecule has 0 radical (unpaired) electrons. The maximum atomic E-state index is 13.1. The molecule has 1 saturated heterocycles. The van der Waals surface area contributed by atoms with Gasteiger partial charge in [-0.05, 0) is 63.2 Å². The maximum absolute atomic E-state index is 13.1. The van der Waals surface area contributed by atoms with Crippen LogP contribution in [0.2, 0.25) is 0 Å². The third-order valence-electron chi connectivity index (χ3n) is 4.79. The number of hydrogen-bond donors (Lipinski definition) is 3. The summed E-state index contributed by atoms with van der Waals surface area (Å²) in [5.41, 5.74) is 0.987. The van der Waals surface area contributed by atoms with Crippen molar-refractivity contribution >= 4 is 11.6 Å². The van der Waals surface area contributed by atoms with Crippen LogP contribution in [0.15, 0.2) is 42.7 Å². The number of amides is 1. The molecule has 134 valence electrons. The third kappa shape index (κ3) is 2.99. The van der Waals surface area contributed by atoms with Gasteiger partial charge in [0, 0.05) is 23.6 Å². The van der Waals surface area contributed by atoms with Gasteiger partial charge in [0.15, 0.2) is 5.82 Å². The lowest BCUT2D eigenvalue weighted by Crippen LogP contribution is -2.52. The van der Waals surface area contributed by atoms with Crippen LogP contribution in [0.4, 0.5) is 5.69 Å². The summed E-state index contributed by atoms with van der Waals surface area (Å²) in [6, 6.07) is 9.40. The lowest BCUT2D eigenvalue weighted by atomic mass is 9.87. The predicted octanol–water partition coefficient (Wildman–Crippen LogP) is 1.69. The monoisotopic (exact) mass is 351 g/mol. The number of nitrogens with one attached hydrogen (secondary N) is 3. The molecule has 1 aliphatic rings. The molecular formula is C18H21N7O. The summed E-state index contributed by atoms with van der Waals surface area (Å²) < 4.78 is 1.79. The second kappa shape index (κ2) is 6.72. The lowest BCUT2D eigenvalue weighted by Gasteiger charge is -2.36. The van der Waals surface area contributed by atoms with Crippen molar-refractivity contribution < 1.29 is 4.79 Å². The van der Waals surface area contributed by atoms with Crippen LogP contribution in [0.25, 0.3) is 11.4 Å². The first kappa shape index (κ1) is 16.5. The minimum Gasteiger partial charge on any atom is -0.324 e. The normalized spacial score (nSPS) is 16.3. The van der Waals surface area contributed by atoms with Gasteiger partial charge in [0.25, 0.3) is 5.91 Å². The molecule has 26 heavy (non-hydrogen) atoms. The molecule has 1 fully saturated rings. The summed E-state index contributed by atoms with van der Waals surface area (Å²) in [5, 5.41) is 17.7. The van der Waals surface area contributed by atoms with Crippen LogP contribution in [0, 0.1) is 6.92 Å². The zero-order chi connectivity index (χ0) is 18.0. The highest BCUT2D eigenvalue weighted by atomic mass is 16.2. The first-order valence-corrected chi connectivity index (χ1v) is 8.69. The number of H-pyrrole nitrogens is 1. The fourth-order valence-electron chi connectivity index (χ4n) is 3.34. The molecule has 3 heterocycles. The number of rotatable bonds is 4. The van der Waals surface area contributed by atoms with Crippen molar-refractivity contribution in [3.8, 4) is 11.4 Å². The Morgan fingerprint density at radius 2 is 2.00 bits per heavy atom. The molecule has 0 aliphatic carbocycles. The summed E-state index contributed by atoms with van der Waals surface area (Å²) in [4.78, 5) is 17.4. The largest absolute Gasteiger partial charge is 0.324 e. The number of benzene rings is 1. The Morgan fingerprint density at radius 1 is 1.23 bits per heavy atom. The standard InChI is InChI=1S/C18H21N7O/c1-13-21-16(24-23-13)14-3-5-15(6-4-14)22-17(26)18(7-10-19-11-8-18)25-12-2-9-20-25/h2-6,9,12,19H,7-8,10-11H2,1H3,(H,22,26)(H,21,23,24). The Bertz CT molecular complexity index is 877. The summed E-state index contributed by atoms with van der Waals surface area (Å²) >= 11 is 0. The molecule has 1 amide bonds. The van der Waals surface area contributed by atoms with E-state index in [2.05, 4.69) is 30.9 Å². The van der Waals surface area contributed by atoms with E-state index in [4.69, 9.17) is 0 Å². The minimum absolute atomic E-state index is 0.0378. The van der Waals surface area contributed by atoms with E-state index in [-0.39, 0.29) is 5.91 Å². The van der Waals surface area contributed by atoms with Crippen LogP contribution >= 0.6 is 0 Å². The molecular weight excluding hydrogens is 330 g/mol. The smallest absolute Gasteiger partial charge is 0.252 e. The van der Waals surface area contributed by atoms with Gasteiger partial charge >= 0.3 is 0 Å². The fraction of sp³-hybridized carbons (Fsp3) is 0.333. The number of carbonyl (C=O) groups excluding carboxylic acids is 1. The quantitative estimate of drug-likeness (QED) is 0.664. The highest BCUT2D eigenvalue weighted by Gasteiger charge is 2.42. The van der Waals surface area contributed by atoms with Crippen molar-refractivity contribution in [2.45, 2.75) is 25.3 Å². The zero-order valence-electron chi connectivity index (χ0n) is 14.6. The van der Waals surface area contributed by atoms with Gasteiger partial charge in [0.2, 0.25) is 0 Å². The van der Waals surface area contributed by atoms with Crippen molar-refractivity contribution in [2.24, 2.45) is 0 Å². The van der Waals surface area contributed by atoms with E-state index in [1.807, 2.05) is 43.5 Å². The highest BCUT2D eigenvalue weighted by molar-refractivity contribution is 5.96. The Kier molecular flexibility index (Phi) is 4.26. The van der Waals surface area contributed by atoms with Gasteiger partial charge < -0.3 is 10.6 Å². The van der Waals surface area contributed by atoms with E-state index in [0.717, 1.165) is 30.2 Å². The molecule has 8 heteroatoms. The average molecular weight is 351 g/mol. The first-order valence-electron chi connectivity index (χ1n) is 8.69. The van der Waals surface area contributed by atoms with E-state index in [0.29, 0.717) is 18.7 Å². The topological polar surface area (TPSA) is 101 Å². The number of nitrogens with zero attached hydrogens (tertiary/aromatic N) is 4. The number of anilines is 1. The van der Waals surface area contributed by atoms with E-state index >= 15 is 0 Å². The fourth-order valence-corrected chi connectivity index (χ4v) is 3.34. The highest BCUT2D eigenvalue weighted by Crippen LogP contribution is 2.29. The van der Waals surface area contributed by atoms with Crippen molar-refractivity contribution in [2.75, 3.05) is 18.4 Å². The van der Waals surface area contributed by atoms with Gasteiger partial charge in [0.1, 0.15) is 11.4 Å². The Labute approximate surface area is 151 Å². The molecule has 0 saturated carbocycles. The van der Waals surface area contributed by atoms with Gasteiger partial charge in [-0.15, -0.1) is 0 Å². The van der Waals surface area contributed by atoms with E-state index < -0.39 is 5.54 Å². The van der Waals surface area contributed by atoms with Crippen LogP contribution in [0.5, 0.6) is 0 Å². The molecule has 0 bridgehead atoms. The second-order valence-corrected chi connectivity index (χ2v) is 6.51. The third-order valence-corrected chi connectivity index (χ3v) is 4.79. The average Bonchev–Trinajstić information content (AvgIpc) is 3.35. The number of hydrogen-bond acceptors (Lipinski definition) is 5. The van der Waals surface area contributed by atoms with Crippen molar-refractivity contribution in [3.63, 3.8) is 0 Å². The van der Waals surface area contributed by atoms with Crippen LogP contribution < -0.4 is 10.6 Å².